The summed E-state index contributed by atoms with van der Waals surface area (Å²) >= 11 is 0. The number of fused-ring (bicyclic) bond motifs is 2. The first-order valence-corrected chi connectivity index (χ1v) is 9.49. The quantitative estimate of drug-likeness (QED) is 0.465. The molecule has 6 heteroatoms. The van der Waals surface area contributed by atoms with Crippen LogP contribution >= 0.6 is 0 Å². The number of nitrogens with zero attached hydrogens (tertiary/aromatic N) is 3. The molecule has 148 valence electrons. The number of rotatable bonds is 4. The van der Waals surface area contributed by atoms with Gasteiger partial charge in [0.1, 0.15) is 5.82 Å². The summed E-state index contributed by atoms with van der Waals surface area (Å²) in [5, 5.41) is 20.1. The fourth-order valence-corrected chi connectivity index (χ4v) is 3.21. The zero-order valence-electron chi connectivity index (χ0n) is 17.0. The van der Waals surface area contributed by atoms with Gasteiger partial charge < -0.3 is 20.0 Å². The molecule has 3 N–H and O–H groups in total. The van der Waals surface area contributed by atoms with E-state index in [-0.39, 0.29) is 5.88 Å². The van der Waals surface area contributed by atoms with Crippen molar-refractivity contribution in [3.05, 3.63) is 54.1 Å². The summed E-state index contributed by atoms with van der Waals surface area (Å²) in [7, 11) is 4.17. The van der Waals surface area contributed by atoms with Gasteiger partial charge in [-0.1, -0.05) is 25.6 Å². The maximum Gasteiger partial charge on any atom is 0.200 e. The highest BCUT2D eigenvalue weighted by Gasteiger charge is 2.17. The lowest BCUT2D eigenvalue weighted by Crippen LogP contribution is -2.11. The van der Waals surface area contributed by atoms with Gasteiger partial charge in [-0.3, -0.25) is 0 Å². The van der Waals surface area contributed by atoms with Crippen LogP contribution < -0.4 is 0 Å². The van der Waals surface area contributed by atoms with Crippen LogP contribution in [-0.2, 0) is 0 Å². The van der Waals surface area contributed by atoms with Crippen molar-refractivity contribution in [2.75, 3.05) is 20.6 Å². The summed E-state index contributed by atoms with van der Waals surface area (Å²) in [6.07, 6.45) is 3.02. The molecule has 29 heavy (non-hydrogen) atoms. The molecule has 0 aliphatic heterocycles. The monoisotopic (exact) mass is 387 g/mol. The molecule has 0 aliphatic rings. The minimum Gasteiger partial charge on any atom is -0.494 e. The van der Waals surface area contributed by atoms with Gasteiger partial charge in [0.25, 0.3) is 0 Å². The highest BCUT2D eigenvalue weighted by molar-refractivity contribution is 5.99. The molecule has 0 saturated carbocycles. The van der Waals surface area contributed by atoms with E-state index in [2.05, 4.69) is 53.5 Å². The summed E-state index contributed by atoms with van der Waals surface area (Å²) < 4.78 is 0. The summed E-state index contributed by atoms with van der Waals surface area (Å²) in [6.45, 7) is 7.15. The first-order chi connectivity index (χ1) is 14.0. The van der Waals surface area contributed by atoms with E-state index in [9.17, 15) is 5.11 Å². The molecule has 2 aromatic heterocycles. The SMILES string of the molecule is C=Cc1ccc2nc(-c3c(O)[nH]c4ccc(C#N)cc34)[nH]c2c1.CCCN(C)C. The second-order valence-corrected chi connectivity index (χ2v) is 7.09. The van der Waals surface area contributed by atoms with Crippen molar-refractivity contribution < 1.29 is 5.11 Å². The lowest BCUT2D eigenvalue weighted by Gasteiger charge is -2.03. The van der Waals surface area contributed by atoms with Crippen LogP contribution in [0, 0.1) is 11.3 Å². The second-order valence-electron chi connectivity index (χ2n) is 7.09. The smallest absolute Gasteiger partial charge is 0.200 e. The minimum atomic E-state index is 0.0260. The van der Waals surface area contributed by atoms with Gasteiger partial charge in [-0.05, 0) is 63.0 Å². The molecular weight excluding hydrogens is 362 g/mol. The number of H-pyrrole nitrogens is 2. The highest BCUT2D eigenvalue weighted by atomic mass is 16.3. The van der Waals surface area contributed by atoms with Gasteiger partial charge in [-0.25, -0.2) is 4.98 Å². The van der Waals surface area contributed by atoms with E-state index in [1.54, 1.807) is 24.3 Å². The highest BCUT2D eigenvalue weighted by Crippen LogP contribution is 2.36. The Hall–Kier alpha value is -3.56. The molecule has 0 amide bonds. The van der Waals surface area contributed by atoms with Crippen molar-refractivity contribution in [3.8, 4) is 23.3 Å². The lowest BCUT2D eigenvalue weighted by molar-refractivity contribution is 0.408. The molecule has 2 aromatic carbocycles. The molecule has 0 aliphatic carbocycles. The fourth-order valence-electron chi connectivity index (χ4n) is 3.21. The molecule has 0 unspecified atom stereocenters. The molecule has 0 fully saturated rings. The summed E-state index contributed by atoms with van der Waals surface area (Å²) in [5.41, 5.74) is 4.50. The van der Waals surface area contributed by atoms with Crippen LogP contribution in [0.15, 0.2) is 43.0 Å². The Balaban J connectivity index is 0.000000353. The van der Waals surface area contributed by atoms with E-state index < -0.39 is 0 Å². The molecule has 0 bridgehead atoms. The first kappa shape index (κ1) is 20.2. The number of aromatic hydroxyl groups is 1. The summed E-state index contributed by atoms with van der Waals surface area (Å²) in [5.74, 6) is 0.582. The average Bonchev–Trinajstić information content (AvgIpc) is 3.26. The molecule has 0 saturated heterocycles. The van der Waals surface area contributed by atoms with Crippen LogP contribution in [-0.4, -0.2) is 45.6 Å². The van der Waals surface area contributed by atoms with E-state index in [4.69, 9.17) is 5.26 Å². The Morgan fingerprint density at radius 3 is 2.59 bits per heavy atom. The Kier molecular flexibility index (Phi) is 6.01. The Morgan fingerprint density at radius 1 is 1.17 bits per heavy atom. The van der Waals surface area contributed by atoms with Crippen molar-refractivity contribution in [3.63, 3.8) is 0 Å². The normalized spacial score (nSPS) is 10.7. The second kappa shape index (κ2) is 8.63. The third-order valence-electron chi connectivity index (χ3n) is 4.56. The molecule has 4 rings (SSSR count). The molecule has 0 radical (unpaired) electrons. The lowest BCUT2D eigenvalue weighted by atomic mass is 10.1. The zero-order chi connectivity index (χ0) is 21.0. The number of hydrogen-bond donors (Lipinski definition) is 3. The van der Waals surface area contributed by atoms with Gasteiger partial charge in [-0.2, -0.15) is 5.26 Å². The first-order valence-electron chi connectivity index (χ1n) is 9.49. The van der Waals surface area contributed by atoms with Crippen molar-refractivity contribution in [1.82, 2.24) is 19.9 Å². The summed E-state index contributed by atoms with van der Waals surface area (Å²) in [6, 6.07) is 13.1. The number of nitrogens with one attached hydrogen (secondary N) is 2. The molecule has 0 spiro atoms. The van der Waals surface area contributed by atoms with E-state index in [0.29, 0.717) is 17.0 Å². The minimum absolute atomic E-state index is 0.0260. The molecule has 2 heterocycles. The van der Waals surface area contributed by atoms with Crippen LogP contribution in [0.2, 0.25) is 0 Å². The number of benzene rings is 2. The summed E-state index contributed by atoms with van der Waals surface area (Å²) in [4.78, 5) is 12.9. The van der Waals surface area contributed by atoms with E-state index in [1.807, 2.05) is 18.2 Å². The molecule has 0 atom stereocenters. The predicted octanol–water partition coefficient (Wildman–Crippen LogP) is 4.89. The maximum atomic E-state index is 10.3. The number of aromatic amines is 2. The fraction of sp³-hybridized carbons (Fsp3) is 0.217. The van der Waals surface area contributed by atoms with Crippen molar-refractivity contribution in [2.45, 2.75) is 13.3 Å². The number of hydrogen-bond acceptors (Lipinski definition) is 4. The van der Waals surface area contributed by atoms with Gasteiger partial charge in [0.05, 0.1) is 28.2 Å². The van der Waals surface area contributed by atoms with Gasteiger partial charge in [0, 0.05) is 10.9 Å². The maximum absolute atomic E-state index is 10.3. The van der Waals surface area contributed by atoms with Crippen LogP contribution in [0.1, 0.15) is 24.5 Å². The van der Waals surface area contributed by atoms with Gasteiger partial charge >= 0.3 is 0 Å². The van der Waals surface area contributed by atoms with E-state index >= 15 is 0 Å². The zero-order valence-corrected chi connectivity index (χ0v) is 17.0. The number of imidazole rings is 1. The Labute approximate surface area is 170 Å². The predicted molar refractivity (Wildman–Crippen MR) is 119 cm³/mol. The molecular formula is C23H25N5O. The standard InChI is InChI=1S/C18H12N4O.C5H13N/c1-2-10-3-6-14-15(8-10)21-17(20-14)16-12-7-11(9-19)4-5-13(12)22-18(16)23;1-4-5-6(2)3/h2-8,22-23H,1H2,(H,20,21);4-5H2,1-3H3. The Bertz CT molecular complexity index is 1190. The third-order valence-corrected chi connectivity index (χ3v) is 4.56. The van der Waals surface area contributed by atoms with Crippen molar-refractivity contribution in [1.29, 1.82) is 5.26 Å². The van der Waals surface area contributed by atoms with Gasteiger partial charge in [-0.15, -0.1) is 0 Å². The van der Waals surface area contributed by atoms with Crippen molar-refractivity contribution >= 4 is 28.0 Å². The van der Waals surface area contributed by atoms with E-state index in [0.717, 1.165) is 27.5 Å². The average molecular weight is 387 g/mol. The van der Waals surface area contributed by atoms with Crippen LogP contribution in [0.25, 0.3) is 39.4 Å². The van der Waals surface area contributed by atoms with Gasteiger partial charge in [0.2, 0.25) is 5.88 Å². The van der Waals surface area contributed by atoms with Crippen LogP contribution in [0.5, 0.6) is 5.88 Å². The van der Waals surface area contributed by atoms with Crippen LogP contribution in [0.3, 0.4) is 0 Å². The molecule has 4 aromatic rings. The van der Waals surface area contributed by atoms with Gasteiger partial charge in [0.15, 0.2) is 0 Å². The topological polar surface area (TPSA) is 91.7 Å². The molecule has 6 nitrogen and oxygen atoms in total. The number of nitriles is 1. The van der Waals surface area contributed by atoms with E-state index in [1.165, 1.54) is 13.0 Å². The third kappa shape index (κ3) is 4.31. The van der Waals surface area contributed by atoms with Crippen LogP contribution in [0.4, 0.5) is 0 Å². The Morgan fingerprint density at radius 2 is 1.97 bits per heavy atom. The largest absolute Gasteiger partial charge is 0.494 e. The van der Waals surface area contributed by atoms with Crippen molar-refractivity contribution in [2.24, 2.45) is 0 Å². The number of aromatic nitrogens is 3.